The summed E-state index contributed by atoms with van der Waals surface area (Å²) in [4.78, 5) is 13.6. The van der Waals surface area contributed by atoms with E-state index in [2.05, 4.69) is 15.0 Å². The molecule has 1 atom stereocenters. The van der Waals surface area contributed by atoms with E-state index in [1.807, 2.05) is 31.4 Å². The maximum atomic E-state index is 13.0. The summed E-state index contributed by atoms with van der Waals surface area (Å²) >= 11 is 1.42. The Labute approximate surface area is 176 Å². The molecule has 3 aromatic heterocycles. The van der Waals surface area contributed by atoms with Crippen LogP contribution < -0.4 is 4.74 Å². The fourth-order valence-electron chi connectivity index (χ4n) is 3.50. The van der Waals surface area contributed by atoms with Gasteiger partial charge in [-0.3, -0.25) is 0 Å². The zero-order chi connectivity index (χ0) is 21.3. The van der Waals surface area contributed by atoms with Gasteiger partial charge < -0.3 is 9.84 Å². The molecule has 0 bridgehead atoms. The molecule has 0 saturated heterocycles. The van der Waals surface area contributed by atoms with Gasteiger partial charge >= 0.3 is 6.61 Å². The van der Waals surface area contributed by atoms with Crippen molar-refractivity contribution in [1.82, 2.24) is 15.0 Å². The molecule has 0 aliphatic rings. The van der Waals surface area contributed by atoms with E-state index in [0.29, 0.717) is 27.9 Å². The highest BCUT2D eigenvalue weighted by Crippen LogP contribution is 2.41. The Morgan fingerprint density at radius 3 is 2.53 bits per heavy atom. The van der Waals surface area contributed by atoms with Gasteiger partial charge in [-0.2, -0.15) is 8.78 Å². The number of pyridine rings is 1. The number of aliphatic hydroxyl groups is 1. The molecule has 0 aliphatic heterocycles. The van der Waals surface area contributed by atoms with Crippen molar-refractivity contribution >= 4 is 22.2 Å². The fourth-order valence-corrected chi connectivity index (χ4v) is 4.29. The van der Waals surface area contributed by atoms with Crippen LogP contribution in [0.25, 0.3) is 21.3 Å². The second kappa shape index (κ2) is 8.04. The van der Waals surface area contributed by atoms with Gasteiger partial charge in [-0.05, 0) is 41.6 Å². The highest BCUT2D eigenvalue weighted by atomic mass is 32.1. The van der Waals surface area contributed by atoms with Crippen molar-refractivity contribution < 1.29 is 18.6 Å². The molecule has 4 rings (SSSR count). The summed E-state index contributed by atoms with van der Waals surface area (Å²) in [5, 5.41) is 14.1. The van der Waals surface area contributed by atoms with Crippen LogP contribution in [-0.2, 0) is 5.60 Å². The Morgan fingerprint density at radius 2 is 1.90 bits per heavy atom. The average Bonchev–Trinajstić information content (AvgIpc) is 3.27. The predicted octanol–water partition coefficient (Wildman–Crippen LogP) is 5.25. The molecule has 3 heterocycles. The molecular weight excluding hydrogens is 408 g/mol. The summed E-state index contributed by atoms with van der Waals surface area (Å²) in [5.41, 5.74) is 0.541. The van der Waals surface area contributed by atoms with Gasteiger partial charge in [0.25, 0.3) is 0 Å². The summed E-state index contributed by atoms with van der Waals surface area (Å²) in [6.45, 7) is 0.826. The van der Waals surface area contributed by atoms with Crippen LogP contribution in [0.15, 0.2) is 60.4 Å². The number of benzene rings is 1. The Bertz CT molecular complexity index is 1150. The molecule has 0 aliphatic carbocycles. The number of rotatable bonds is 6. The van der Waals surface area contributed by atoms with Gasteiger partial charge in [-0.1, -0.05) is 26.0 Å². The highest BCUT2D eigenvalue weighted by molar-refractivity contribution is 7.13. The van der Waals surface area contributed by atoms with Crippen LogP contribution in [0.3, 0.4) is 0 Å². The number of alkyl halides is 2. The molecule has 30 heavy (non-hydrogen) atoms. The summed E-state index contributed by atoms with van der Waals surface area (Å²) in [7, 11) is 0. The van der Waals surface area contributed by atoms with Crippen LogP contribution in [0, 0.1) is 5.92 Å². The first-order chi connectivity index (χ1) is 14.4. The standard InChI is InChI=1S/C22H19F2N3O2S/c1-13(2)22(28,18-9-10-25-12-26-18)19-8-5-14-15(27-19)6-7-16(29-21(23)24)20(14)17-4-3-11-30-17/h3-13,21,28H,1-2H3. The minimum absolute atomic E-state index is 0.0874. The van der Waals surface area contributed by atoms with Gasteiger partial charge in [0.1, 0.15) is 12.1 Å². The van der Waals surface area contributed by atoms with Crippen LogP contribution in [0.5, 0.6) is 5.75 Å². The number of ether oxygens (including phenoxy) is 1. The number of nitrogens with zero attached hydrogens (tertiary/aromatic N) is 3. The van der Waals surface area contributed by atoms with E-state index < -0.39 is 12.2 Å². The fraction of sp³-hybridized carbons (Fsp3) is 0.227. The number of halogens is 2. The minimum Gasteiger partial charge on any atom is -0.434 e. The lowest BCUT2D eigenvalue weighted by atomic mass is 9.83. The normalized spacial score (nSPS) is 13.7. The summed E-state index contributed by atoms with van der Waals surface area (Å²) in [6.07, 6.45) is 2.95. The lowest BCUT2D eigenvalue weighted by Gasteiger charge is -2.31. The third kappa shape index (κ3) is 3.53. The topological polar surface area (TPSA) is 68.1 Å². The lowest BCUT2D eigenvalue weighted by Crippen LogP contribution is -2.35. The Hall–Kier alpha value is -2.97. The number of thiophene rings is 1. The molecule has 0 amide bonds. The first kappa shape index (κ1) is 20.3. The van der Waals surface area contributed by atoms with E-state index in [0.717, 1.165) is 4.88 Å². The number of fused-ring (bicyclic) bond motifs is 1. The van der Waals surface area contributed by atoms with Crippen molar-refractivity contribution in [2.45, 2.75) is 26.1 Å². The van der Waals surface area contributed by atoms with E-state index in [1.165, 1.54) is 23.7 Å². The van der Waals surface area contributed by atoms with Gasteiger partial charge in [0, 0.05) is 22.0 Å². The molecule has 4 aromatic rings. The van der Waals surface area contributed by atoms with E-state index in [-0.39, 0.29) is 11.7 Å². The number of aromatic nitrogens is 3. The first-order valence-electron chi connectivity index (χ1n) is 9.33. The third-order valence-corrected chi connectivity index (χ3v) is 5.90. The summed E-state index contributed by atoms with van der Waals surface area (Å²) < 4.78 is 30.7. The number of hydrogen-bond donors (Lipinski definition) is 1. The number of hydrogen-bond acceptors (Lipinski definition) is 6. The second-order valence-electron chi connectivity index (χ2n) is 7.07. The highest BCUT2D eigenvalue weighted by Gasteiger charge is 2.38. The molecule has 8 heteroatoms. The van der Waals surface area contributed by atoms with Crippen molar-refractivity contribution in [3.63, 3.8) is 0 Å². The maximum absolute atomic E-state index is 13.0. The summed E-state index contributed by atoms with van der Waals surface area (Å²) in [6, 6.07) is 11.9. The van der Waals surface area contributed by atoms with Gasteiger partial charge in [-0.25, -0.2) is 15.0 Å². The second-order valence-corrected chi connectivity index (χ2v) is 8.02. The largest absolute Gasteiger partial charge is 0.434 e. The van der Waals surface area contributed by atoms with Crippen molar-refractivity contribution in [1.29, 1.82) is 0 Å². The molecule has 0 radical (unpaired) electrons. The van der Waals surface area contributed by atoms with Crippen LogP contribution >= 0.6 is 11.3 Å². The molecular formula is C22H19F2N3O2S. The summed E-state index contributed by atoms with van der Waals surface area (Å²) in [5.74, 6) is -0.139. The molecule has 1 N–H and O–H groups in total. The van der Waals surface area contributed by atoms with Gasteiger partial charge in [0.05, 0.1) is 16.9 Å². The molecule has 1 unspecified atom stereocenters. The van der Waals surface area contributed by atoms with Crippen molar-refractivity contribution in [3.05, 3.63) is 71.8 Å². The SMILES string of the molecule is CC(C)C(O)(c1ccncn1)c1ccc2c(-c3cccs3)c(OC(F)F)ccc2n1. The quantitative estimate of drug-likeness (QED) is 0.455. The molecule has 0 spiro atoms. The van der Waals surface area contributed by atoms with Crippen LogP contribution in [0.1, 0.15) is 25.2 Å². The maximum Gasteiger partial charge on any atom is 0.387 e. The van der Waals surface area contributed by atoms with Gasteiger partial charge in [0.15, 0.2) is 5.60 Å². The van der Waals surface area contributed by atoms with Gasteiger partial charge in [0.2, 0.25) is 0 Å². The van der Waals surface area contributed by atoms with Crippen molar-refractivity contribution in [3.8, 4) is 16.2 Å². The smallest absolute Gasteiger partial charge is 0.387 e. The first-order valence-corrected chi connectivity index (χ1v) is 10.2. The Kier molecular flexibility index (Phi) is 5.44. The van der Waals surface area contributed by atoms with Crippen LogP contribution in [0.2, 0.25) is 0 Å². The zero-order valence-corrected chi connectivity index (χ0v) is 17.1. The predicted molar refractivity (Wildman–Crippen MR) is 112 cm³/mol. The lowest BCUT2D eigenvalue weighted by molar-refractivity contribution is -0.0493. The van der Waals surface area contributed by atoms with Gasteiger partial charge in [-0.15, -0.1) is 11.3 Å². The molecule has 0 saturated carbocycles. The molecule has 5 nitrogen and oxygen atoms in total. The monoisotopic (exact) mass is 427 g/mol. The van der Waals surface area contributed by atoms with Crippen LogP contribution in [0.4, 0.5) is 8.78 Å². The minimum atomic E-state index is -2.93. The molecule has 0 fully saturated rings. The Morgan fingerprint density at radius 1 is 1.07 bits per heavy atom. The van der Waals surface area contributed by atoms with Crippen LogP contribution in [-0.4, -0.2) is 26.7 Å². The third-order valence-electron chi connectivity index (χ3n) is 5.02. The molecule has 154 valence electrons. The van der Waals surface area contributed by atoms with E-state index >= 15 is 0 Å². The average molecular weight is 427 g/mol. The Balaban J connectivity index is 1.92. The van der Waals surface area contributed by atoms with E-state index in [9.17, 15) is 13.9 Å². The van der Waals surface area contributed by atoms with E-state index in [1.54, 1.807) is 30.5 Å². The molecule has 1 aromatic carbocycles. The van der Waals surface area contributed by atoms with Crippen molar-refractivity contribution in [2.75, 3.05) is 0 Å². The van der Waals surface area contributed by atoms with Crippen molar-refractivity contribution in [2.24, 2.45) is 5.92 Å². The van der Waals surface area contributed by atoms with E-state index in [4.69, 9.17) is 4.74 Å². The zero-order valence-electron chi connectivity index (χ0n) is 16.3.